The maximum Gasteiger partial charge on any atom is 0.321 e. The molecule has 2 heterocycles. The van der Waals surface area contributed by atoms with Gasteiger partial charge in [0.15, 0.2) is 0 Å². The van der Waals surface area contributed by atoms with E-state index in [2.05, 4.69) is 24.1 Å². The highest BCUT2D eigenvalue weighted by atomic mass is 19.1. The Hall–Kier alpha value is -1.62. The number of hydrogen-bond acceptors (Lipinski definition) is 2. The van der Waals surface area contributed by atoms with Crippen LogP contribution in [-0.4, -0.2) is 48.6 Å². The van der Waals surface area contributed by atoms with Gasteiger partial charge in [0.25, 0.3) is 0 Å². The highest BCUT2D eigenvalue weighted by Crippen LogP contribution is 2.25. The molecule has 26 heavy (non-hydrogen) atoms. The molecule has 2 aliphatic rings. The molecular formula is C21H32FN3O. The molecule has 3 rings (SSSR count). The van der Waals surface area contributed by atoms with Crippen molar-refractivity contribution >= 4 is 11.7 Å². The van der Waals surface area contributed by atoms with Crippen LogP contribution in [0, 0.1) is 30.5 Å². The largest absolute Gasteiger partial charge is 0.325 e. The van der Waals surface area contributed by atoms with Crippen molar-refractivity contribution in [3.63, 3.8) is 0 Å². The number of anilines is 1. The highest BCUT2D eigenvalue weighted by molar-refractivity contribution is 5.89. The molecule has 5 heteroatoms. The Bertz CT molecular complexity index is 618. The third kappa shape index (κ3) is 4.97. The molecule has 144 valence electrons. The second-order valence-electron chi connectivity index (χ2n) is 8.49. The predicted molar refractivity (Wildman–Crippen MR) is 104 cm³/mol. The summed E-state index contributed by atoms with van der Waals surface area (Å²) in [6, 6.07) is 4.71. The number of carbonyl (C=O) groups excluding carboxylic acids is 1. The minimum absolute atomic E-state index is 0.119. The maximum absolute atomic E-state index is 13.6. The van der Waals surface area contributed by atoms with Gasteiger partial charge in [-0.15, -0.1) is 0 Å². The van der Waals surface area contributed by atoms with E-state index < -0.39 is 0 Å². The Labute approximate surface area is 156 Å². The molecule has 0 aromatic heterocycles. The van der Waals surface area contributed by atoms with Crippen molar-refractivity contribution in [2.45, 2.75) is 40.0 Å². The van der Waals surface area contributed by atoms with Crippen molar-refractivity contribution in [1.29, 1.82) is 0 Å². The van der Waals surface area contributed by atoms with Crippen molar-refractivity contribution in [2.24, 2.45) is 17.8 Å². The average Bonchev–Trinajstić information content (AvgIpc) is 2.58. The number of aryl methyl sites for hydroxylation is 1. The summed E-state index contributed by atoms with van der Waals surface area (Å²) in [6.45, 7) is 11.6. The summed E-state index contributed by atoms with van der Waals surface area (Å²) in [4.78, 5) is 16.9. The van der Waals surface area contributed by atoms with Crippen LogP contribution in [0.1, 0.15) is 38.7 Å². The minimum atomic E-state index is -0.286. The molecule has 0 saturated carbocycles. The first kappa shape index (κ1) is 19.2. The molecule has 1 N–H and O–H groups in total. The number of benzene rings is 1. The summed E-state index contributed by atoms with van der Waals surface area (Å²) in [7, 11) is 0. The van der Waals surface area contributed by atoms with Crippen molar-refractivity contribution < 1.29 is 9.18 Å². The fourth-order valence-corrected chi connectivity index (χ4v) is 4.50. The second-order valence-corrected chi connectivity index (χ2v) is 8.49. The third-order valence-electron chi connectivity index (χ3n) is 5.79. The zero-order chi connectivity index (χ0) is 18.7. The molecule has 0 bridgehead atoms. The van der Waals surface area contributed by atoms with E-state index in [0.29, 0.717) is 17.2 Å². The number of halogens is 1. The Kier molecular flexibility index (Phi) is 6.17. The normalized spacial score (nSPS) is 25.3. The molecule has 4 nitrogen and oxygen atoms in total. The Morgan fingerprint density at radius 1 is 1.19 bits per heavy atom. The fourth-order valence-electron chi connectivity index (χ4n) is 4.50. The van der Waals surface area contributed by atoms with Crippen LogP contribution in [0.2, 0.25) is 0 Å². The predicted octanol–water partition coefficient (Wildman–Crippen LogP) is 4.36. The van der Waals surface area contributed by atoms with Gasteiger partial charge in [0.05, 0.1) is 0 Å². The van der Waals surface area contributed by atoms with E-state index in [0.717, 1.165) is 44.3 Å². The first-order valence-corrected chi connectivity index (χ1v) is 9.95. The van der Waals surface area contributed by atoms with Gasteiger partial charge in [0.2, 0.25) is 0 Å². The van der Waals surface area contributed by atoms with Crippen LogP contribution in [0.25, 0.3) is 0 Å². The number of hydrogen-bond donors (Lipinski definition) is 1. The fraction of sp³-hybridized carbons (Fsp3) is 0.667. The highest BCUT2D eigenvalue weighted by Gasteiger charge is 2.27. The van der Waals surface area contributed by atoms with E-state index in [1.807, 2.05) is 4.90 Å². The van der Waals surface area contributed by atoms with E-state index in [-0.39, 0.29) is 11.8 Å². The van der Waals surface area contributed by atoms with Gasteiger partial charge in [-0.05, 0) is 61.6 Å². The molecule has 1 aromatic carbocycles. The molecule has 2 saturated heterocycles. The number of carbonyl (C=O) groups is 1. The summed E-state index contributed by atoms with van der Waals surface area (Å²) in [5, 5.41) is 2.82. The third-order valence-corrected chi connectivity index (χ3v) is 5.79. The summed E-state index contributed by atoms with van der Waals surface area (Å²) >= 11 is 0. The van der Waals surface area contributed by atoms with Gasteiger partial charge < -0.3 is 15.1 Å². The molecule has 2 aliphatic heterocycles. The Morgan fingerprint density at radius 2 is 1.85 bits per heavy atom. The lowest BCUT2D eigenvalue weighted by Gasteiger charge is -2.39. The van der Waals surface area contributed by atoms with Gasteiger partial charge in [-0.25, -0.2) is 9.18 Å². The second kappa shape index (κ2) is 8.38. The Morgan fingerprint density at radius 3 is 2.46 bits per heavy atom. The zero-order valence-electron chi connectivity index (χ0n) is 16.3. The molecule has 2 amide bonds. The smallest absolute Gasteiger partial charge is 0.321 e. The molecule has 1 aromatic rings. The summed E-state index contributed by atoms with van der Waals surface area (Å²) in [5.74, 6) is 1.97. The number of urea groups is 1. The van der Waals surface area contributed by atoms with Gasteiger partial charge in [0.1, 0.15) is 5.82 Å². The maximum atomic E-state index is 13.6. The number of likely N-dealkylation sites (tertiary alicyclic amines) is 2. The van der Waals surface area contributed by atoms with Crippen molar-refractivity contribution in [3.8, 4) is 0 Å². The molecular weight excluding hydrogens is 329 g/mol. The van der Waals surface area contributed by atoms with E-state index >= 15 is 0 Å². The van der Waals surface area contributed by atoms with E-state index in [9.17, 15) is 9.18 Å². The topological polar surface area (TPSA) is 35.6 Å². The van der Waals surface area contributed by atoms with Crippen LogP contribution in [0.4, 0.5) is 14.9 Å². The standard InChI is InChI=1S/C21H32FN3O/c1-15-10-16(2)13-24(12-15)14-18-6-8-25(9-7-18)21(26)23-19-5-4-17(3)20(22)11-19/h4-5,11,15-16,18H,6-10,12-14H2,1-3H3,(H,23,26). The molecule has 0 spiro atoms. The summed E-state index contributed by atoms with van der Waals surface area (Å²) in [6.07, 6.45) is 3.44. The molecule has 0 radical (unpaired) electrons. The molecule has 2 fully saturated rings. The molecule has 0 aliphatic carbocycles. The van der Waals surface area contributed by atoms with Gasteiger partial charge in [-0.3, -0.25) is 0 Å². The lowest BCUT2D eigenvalue weighted by Crippen LogP contribution is -2.46. The first-order valence-electron chi connectivity index (χ1n) is 9.95. The van der Waals surface area contributed by atoms with Crippen molar-refractivity contribution in [2.75, 3.05) is 38.0 Å². The number of amides is 2. The summed E-state index contributed by atoms with van der Waals surface area (Å²) < 4.78 is 13.6. The lowest BCUT2D eigenvalue weighted by atomic mass is 9.89. The van der Waals surface area contributed by atoms with Crippen LogP contribution in [0.5, 0.6) is 0 Å². The van der Waals surface area contributed by atoms with Crippen molar-refractivity contribution in [1.82, 2.24) is 9.80 Å². The number of rotatable bonds is 3. The van der Waals surface area contributed by atoms with Crippen LogP contribution >= 0.6 is 0 Å². The molecule has 2 atom stereocenters. The summed E-state index contributed by atoms with van der Waals surface area (Å²) in [5.41, 5.74) is 1.11. The first-order chi connectivity index (χ1) is 12.4. The lowest BCUT2D eigenvalue weighted by molar-refractivity contribution is 0.101. The van der Waals surface area contributed by atoms with Crippen LogP contribution in [-0.2, 0) is 0 Å². The number of nitrogens with zero attached hydrogens (tertiary/aromatic N) is 2. The van der Waals surface area contributed by atoms with E-state index in [1.54, 1.807) is 19.1 Å². The Balaban J connectivity index is 1.45. The molecule has 2 unspecified atom stereocenters. The SMILES string of the molecule is Cc1ccc(NC(=O)N2CCC(CN3CC(C)CC(C)C3)CC2)cc1F. The van der Waals surface area contributed by atoms with Crippen molar-refractivity contribution in [3.05, 3.63) is 29.6 Å². The zero-order valence-corrected chi connectivity index (χ0v) is 16.3. The van der Waals surface area contributed by atoms with Gasteiger partial charge >= 0.3 is 6.03 Å². The van der Waals surface area contributed by atoms with Gasteiger partial charge in [0, 0.05) is 38.4 Å². The average molecular weight is 362 g/mol. The van der Waals surface area contributed by atoms with Crippen LogP contribution in [0.3, 0.4) is 0 Å². The minimum Gasteiger partial charge on any atom is -0.325 e. The quantitative estimate of drug-likeness (QED) is 0.868. The van der Waals surface area contributed by atoms with E-state index in [4.69, 9.17) is 0 Å². The number of nitrogens with one attached hydrogen (secondary N) is 1. The van der Waals surface area contributed by atoms with Crippen LogP contribution < -0.4 is 5.32 Å². The number of piperidine rings is 2. The van der Waals surface area contributed by atoms with Crippen LogP contribution in [0.15, 0.2) is 18.2 Å². The van der Waals surface area contributed by atoms with E-state index in [1.165, 1.54) is 25.6 Å². The monoisotopic (exact) mass is 361 g/mol. The van der Waals surface area contributed by atoms with Gasteiger partial charge in [-0.1, -0.05) is 19.9 Å². The van der Waals surface area contributed by atoms with Gasteiger partial charge in [-0.2, -0.15) is 0 Å².